The summed E-state index contributed by atoms with van der Waals surface area (Å²) in [5.41, 5.74) is 5.69. The number of sulfonamides is 1. The standard InChI is InChI=1S/C15H23N3O3S2/c16-10-13(11-3-4-11)17-14(19)9-12-5-6-15(22-12)23(20,21)18-7-1-2-8-18/h5-6,11,13H,1-4,7-10,16H2,(H,17,19). The van der Waals surface area contributed by atoms with Gasteiger partial charge in [-0.1, -0.05) is 0 Å². The quantitative estimate of drug-likeness (QED) is 0.759. The predicted molar refractivity (Wildman–Crippen MR) is 89.7 cm³/mol. The molecule has 23 heavy (non-hydrogen) atoms. The fraction of sp³-hybridized carbons (Fsp3) is 0.667. The molecule has 1 amide bonds. The molecule has 1 unspecified atom stereocenters. The minimum Gasteiger partial charge on any atom is -0.352 e. The Hall–Kier alpha value is -0.960. The Kier molecular flexibility index (Phi) is 5.05. The van der Waals surface area contributed by atoms with Gasteiger partial charge in [0.1, 0.15) is 4.21 Å². The van der Waals surface area contributed by atoms with E-state index in [4.69, 9.17) is 5.73 Å². The molecule has 0 bridgehead atoms. The van der Waals surface area contributed by atoms with Crippen LogP contribution in [0.5, 0.6) is 0 Å². The SMILES string of the molecule is NCC(NC(=O)Cc1ccc(S(=O)(=O)N2CCCC2)s1)C1CC1. The van der Waals surface area contributed by atoms with Crippen LogP contribution in [0.25, 0.3) is 0 Å². The highest BCUT2D eigenvalue weighted by atomic mass is 32.2. The first-order chi connectivity index (χ1) is 11.0. The van der Waals surface area contributed by atoms with Crippen LogP contribution in [0.1, 0.15) is 30.6 Å². The van der Waals surface area contributed by atoms with Gasteiger partial charge in [0, 0.05) is 30.6 Å². The molecule has 1 saturated heterocycles. The average molecular weight is 358 g/mol. The molecule has 1 aliphatic carbocycles. The molecule has 3 rings (SSSR count). The lowest BCUT2D eigenvalue weighted by atomic mass is 10.2. The molecule has 2 heterocycles. The van der Waals surface area contributed by atoms with Crippen molar-refractivity contribution in [1.29, 1.82) is 0 Å². The van der Waals surface area contributed by atoms with E-state index in [1.165, 1.54) is 15.6 Å². The van der Waals surface area contributed by atoms with Crippen LogP contribution in [0.15, 0.2) is 16.3 Å². The van der Waals surface area contributed by atoms with E-state index in [1.807, 2.05) is 0 Å². The van der Waals surface area contributed by atoms with E-state index in [2.05, 4.69) is 5.32 Å². The normalized spacial score (nSPS) is 20.6. The second-order valence-corrected chi connectivity index (χ2v) is 9.59. The van der Waals surface area contributed by atoms with Gasteiger partial charge in [-0.25, -0.2) is 8.42 Å². The minimum absolute atomic E-state index is 0.0512. The summed E-state index contributed by atoms with van der Waals surface area (Å²) >= 11 is 1.19. The Morgan fingerprint density at radius 3 is 2.65 bits per heavy atom. The number of nitrogens with two attached hydrogens (primary N) is 1. The van der Waals surface area contributed by atoms with Crippen LogP contribution in [0, 0.1) is 5.92 Å². The number of hydrogen-bond donors (Lipinski definition) is 2. The third kappa shape index (κ3) is 3.93. The van der Waals surface area contributed by atoms with Crippen molar-refractivity contribution in [3.05, 3.63) is 17.0 Å². The van der Waals surface area contributed by atoms with Gasteiger partial charge in [-0.3, -0.25) is 4.79 Å². The monoisotopic (exact) mass is 357 g/mol. The number of rotatable bonds is 7. The van der Waals surface area contributed by atoms with Gasteiger partial charge in [0.05, 0.1) is 6.42 Å². The van der Waals surface area contributed by atoms with E-state index in [-0.39, 0.29) is 18.4 Å². The molecule has 1 aromatic heterocycles. The summed E-state index contributed by atoms with van der Waals surface area (Å²) in [5, 5.41) is 2.96. The summed E-state index contributed by atoms with van der Waals surface area (Å²) in [5.74, 6) is 0.428. The molecular formula is C15H23N3O3S2. The lowest BCUT2D eigenvalue weighted by Gasteiger charge is -2.15. The summed E-state index contributed by atoms with van der Waals surface area (Å²) in [4.78, 5) is 12.9. The van der Waals surface area contributed by atoms with Gasteiger partial charge in [0.25, 0.3) is 10.0 Å². The lowest BCUT2D eigenvalue weighted by molar-refractivity contribution is -0.121. The number of hydrogen-bond acceptors (Lipinski definition) is 5. The van der Waals surface area contributed by atoms with E-state index < -0.39 is 10.0 Å². The molecule has 128 valence electrons. The molecule has 2 aliphatic rings. The highest BCUT2D eigenvalue weighted by molar-refractivity contribution is 7.91. The van der Waals surface area contributed by atoms with Crippen molar-refractivity contribution in [1.82, 2.24) is 9.62 Å². The molecule has 8 heteroatoms. The lowest BCUT2D eigenvalue weighted by Crippen LogP contribution is -2.42. The molecule has 1 aromatic rings. The fourth-order valence-electron chi connectivity index (χ4n) is 2.93. The molecule has 1 atom stereocenters. The van der Waals surface area contributed by atoms with Crippen LogP contribution in [-0.2, 0) is 21.2 Å². The Morgan fingerprint density at radius 2 is 2.04 bits per heavy atom. The molecule has 6 nitrogen and oxygen atoms in total. The Balaban J connectivity index is 1.61. The number of carbonyl (C=O) groups is 1. The molecule has 0 aromatic carbocycles. The van der Waals surface area contributed by atoms with E-state index in [0.717, 1.165) is 30.6 Å². The van der Waals surface area contributed by atoms with Gasteiger partial charge in [0.15, 0.2) is 0 Å². The van der Waals surface area contributed by atoms with Gasteiger partial charge in [-0.2, -0.15) is 4.31 Å². The second-order valence-electron chi connectivity index (χ2n) is 6.26. The van der Waals surface area contributed by atoms with Gasteiger partial charge in [-0.15, -0.1) is 11.3 Å². The third-order valence-corrected chi connectivity index (χ3v) is 7.87. The summed E-state index contributed by atoms with van der Waals surface area (Å²) in [6, 6.07) is 3.40. The maximum absolute atomic E-state index is 12.5. The zero-order valence-electron chi connectivity index (χ0n) is 13.0. The molecular weight excluding hydrogens is 334 g/mol. The smallest absolute Gasteiger partial charge is 0.252 e. The van der Waals surface area contributed by atoms with Crippen molar-refractivity contribution in [2.45, 2.75) is 42.4 Å². The fourth-order valence-corrected chi connectivity index (χ4v) is 5.96. The first-order valence-corrected chi connectivity index (χ1v) is 10.3. The molecule has 2 fully saturated rings. The van der Waals surface area contributed by atoms with Gasteiger partial charge < -0.3 is 11.1 Å². The van der Waals surface area contributed by atoms with Crippen LogP contribution in [0.3, 0.4) is 0 Å². The van der Waals surface area contributed by atoms with Crippen molar-refractivity contribution in [3.63, 3.8) is 0 Å². The first-order valence-electron chi connectivity index (χ1n) is 8.09. The van der Waals surface area contributed by atoms with E-state index in [0.29, 0.717) is 29.8 Å². The maximum atomic E-state index is 12.5. The molecule has 1 aliphatic heterocycles. The van der Waals surface area contributed by atoms with Crippen molar-refractivity contribution in [3.8, 4) is 0 Å². The summed E-state index contributed by atoms with van der Waals surface area (Å²) < 4.78 is 26.8. The van der Waals surface area contributed by atoms with Crippen LogP contribution < -0.4 is 11.1 Å². The zero-order chi connectivity index (χ0) is 16.4. The predicted octanol–water partition coefficient (Wildman–Crippen LogP) is 0.929. The van der Waals surface area contributed by atoms with E-state index in [1.54, 1.807) is 12.1 Å². The Labute approximate surface area is 141 Å². The van der Waals surface area contributed by atoms with Gasteiger partial charge in [0.2, 0.25) is 5.91 Å². The van der Waals surface area contributed by atoms with Crippen LogP contribution in [0.2, 0.25) is 0 Å². The second kappa shape index (κ2) is 6.88. The van der Waals surface area contributed by atoms with Crippen LogP contribution in [0.4, 0.5) is 0 Å². The summed E-state index contributed by atoms with van der Waals surface area (Å²) in [7, 11) is -3.38. The van der Waals surface area contributed by atoms with Crippen LogP contribution in [-0.4, -0.2) is 44.3 Å². The number of nitrogens with zero attached hydrogens (tertiary/aromatic N) is 1. The van der Waals surface area contributed by atoms with E-state index in [9.17, 15) is 13.2 Å². The highest BCUT2D eigenvalue weighted by Gasteiger charge is 2.32. The largest absolute Gasteiger partial charge is 0.352 e. The molecule has 0 spiro atoms. The number of thiophene rings is 1. The zero-order valence-corrected chi connectivity index (χ0v) is 14.7. The third-order valence-electron chi connectivity index (χ3n) is 4.42. The van der Waals surface area contributed by atoms with Crippen molar-refractivity contribution < 1.29 is 13.2 Å². The van der Waals surface area contributed by atoms with Gasteiger partial charge >= 0.3 is 0 Å². The van der Waals surface area contributed by atoms with Gasteiger partial charge in [-0.05, 0) is 43.7 Å². The highest BCUT2D eigenvalue weighted by Crippen LogP contribution is 2.32. The van der Waals surface area contributed by atoms with Crippen LogP contribution >= 0.6 is 11.3 Å². The van der Waals surface area contributed by atoms with Crippen molar-refractivity contribution in [2.24, 2.45) is 11.7 Å². The average Bonchev–Trinajstić information content (AvgIpc) is 3.02. The maximum Gasteiger partial charge on any atom is 0.252 e. The van der Waals surface area contributed by atoms with Crippen molar-refractivity contribution >= 4 is 27.3 Å². The first kappa shape index (κ1) is 16.9. The minimum atomic E-state index is -3.38. The van der Waals surface area contributed by atoms with E-state index >= 15 is 0 Å². The molecule has 0 radical (unpaired) electrons. The number of nitrogens with one attached hydrogen (secondary N) is 1. The topological polar surface area (TPSA) is 92.5 Å². The summed E-state index contributed by atoms with van der Waals surface area (Å²) in [6.07, 6.45) is 4.30. The van der Waals surface area contributed by atoms with Crippen molar-refractivity contribution in [2.75, 3.05) is 19.6 Å². The Bertz CT molecular complexity index is 661. The number of amides is 1. The molecule has 1 saturated carbocycles. The summed E-state index contributed by atoms with van der Waals surface area (Å²) in [6.45, 7) is 1.64. The Morgan fingerprint density at radius 1 is 1.35 bits per heavy atom. The number of carbonyl (C=O) groups excluding carboxylic acids is 1. The molecule has 3 N–H and O–H groups in total.